The van der Waals surface area contributed by atoms with Gasteiger partial charge in [0.25, 0.3) is 0 Å². The summed E-state index contributed by atoms with van der Waals surface area (Å²) >= 11 is 0. The van der Waals surface area contributed by atoms with Crippen molar-refractivity contribution in [2.24, 2.45) is 0 Å². The number of nitrogens with one attached hydrogen (secondary N) is 1. The molecule has 2 fully saturated rings. The summed E-state index contributed by atoms with van der Waals surface area (Å²) in [5.41, 5.74) is 0.925. The van der Waals surface area contributed by atoms with Crippen LogP contribution in [0.4, 0.5) is 10.5 Å². The highest BCUT2D eigenvalue weighted by Crippen LogP contribution is 2.36. The third kappa shape index (κ3) is 5.26. The van der Waals surface area contributed by atoms with Crippen molar-refractivity contribution in [2.45, 2.75) is 84.2 Å². The van der Waals surface area contributed by atoms with Crippen LogP contribution in [0.5, 0.6) is 0 Å². The van der Waals surface area contributed by atoms with Crippen LogP contribution in [0.2, 0.25) is 0 Å². The molecular formula is C22H35BN2O4. The number of hydrogen-bond acceptors (Lipinski definition) is 5. The fraction of sp³-hybridized carbons (Fsp3) is 0.682. The van der Waals surface area contributed by atoms with E-state index in [1.54, 1.807) is 0 Å². The van der Waals surface area contributed by atoms with Crippen molar-refractivity contribution < 1.29 is 18.8 Å². The molecule has 2 aliphatic heterocycles. The van der Waals surface area contributed by atoms with Gasteiger partial charge in [-0.15, -0.1) is 0 Å². The summed E-state index contributed by atoms with van der Waals surface area (Å²) < 4.78 is 17.8. The lowest BCUT2D eigenvalue weighted by Gasteiger charge is -2.35. The monoisotopic (exact) mass is 402 g/mol. The van der Waals surface area contributed by atoms with E-state index < -0.39 is 5.60 Å². The van der Waals surface area contributed by atoms with E-state index in [-0.39, 0.29) is 30.5 Å². The SMILES string of the molecule is CC(C)(C)OC(=O)N[C@@H]1CCCN(c2cccc(B3OC(C)(C)C(C)(C)O3)c2)C1. The molecule has 1 aromatic carbocycles. The Bertz CT molecular complexity index is 729. The first-order chi connectivity index (χ1) is 13.4. The van der Waals surface area contributed by atoms with Crippen molar-refractivity contribution in [3.63, 3.8) is 0 Å². The van der Waals surface area contributed by atoms with Gasteiger partial charge < -0.3 is 24.3 Å². The van der Waals surface area contributed by atoms with Crippen LogP contribution in [0.1, 0.15) is 61.3 Å². The van der Waals surface area contributed by atoms with Gasteiger partial charge in [-0.3, -0.25) is 0 Å². The maximum atomic E-state index is 12.1. The molecule has 0 bridgehead atoms. The largest absolute Gasteiger partial charge is 0.494 e. The van der Waals surface area contributed by atoms with Gasteiger partial charge in [-0.05, 0) is 78.9 Å². The van der Waals surface area contributed by atoms with Crippen LogP contribution in [0.25, 0.3) is 0 Å². The van der Waals surface area contributed by atoms with Crippen LogP contribution in [-0.4, -0.2) is 49.1 Å². The third-order valence-electron chi connectivity index (χ3n) is 5.90. The van der Waals surface area contributed by atoms with E-state index in [9.17, 15) is 4.79 Å². The van der Waals surface area contributed by atoms with Crippen molar-refractivity contribution in [1.29, 1.82) is 0 Å². The van der Waals surface area contributed by atoms with E-state index in [1.807, 2.05) is 32.9 Å². The molecule has 0 unspecified atom stereocenters. The third-order valence-corrected chi connectivity index (χ3v) is 5.90. The molecule has 1 aromatic rings. The van der Waals surface area contributed by atoms with Gasteiger partial charge in [0.1, 0.15) is 5.60 Å². The molecule has 1 amide bonds. The van der Waals surface area contributed by atoms with E-state index >= 15 is 0 Å². The Kier molecular flexibility index (Phi) is 5.94. The number of anilines is 1. The summed E-state index contributed by atoms with van der Waals surface area (Å²) in [6, 6.07) is 8.40. The molecule has 2 saturated heterocycles. The first-order valence-electron chi connectivity index (χ1n) is 10.6. The predicted molar refractivity (Wildman–Crippen MR) is 117 cm³/mol. The molecule has 2 aliphatic rings. The number of piperidine rings is 1. The van der Waals surface area contributed by atoms with Gasteiger partial charge in [-0.25, -0.2) is 4.79 Å². The number of amides is 1. The molecule has 1 atom stereocenters. The van der Waals surface area contributed by atoms with E-state index in [0.717, 1.165) is 37.1 Å². The minimum atomic E-state index is -0.490. The Morgan fingerprint density at radius 1 is 1.21 bits per heavy atom. The number of carbonyl (C=O) groups excluding carboxylic acids is 1. The summed E-state index contributed by atoms with van der Waals surface area (Å²) in [4.78, 5) is 14.4. The van der Waals surface area contributed by atoms with E-state index in [2.05, 4.69) is 50.0 Å². The standard InChI is InChI=1S/C22H35BN2O4/c1-20(2,3)27-19(26)24-17-11-9-13-25(15-17)18-12-8-10-16(14-18)23-28-21(4,5)22(6,7)29-23/h8,10,12,14,17H,9,11,13,15H2,1-7H3,(H,24,26)/t17-/m1/s1. The second-order valence-corrected chi connectivity index (χ2v) is 10.1. The number of rotatable bonds is 3. The quantitative estimate of drug-likeness (QED) is 0.785. The molecule has 6 nitrogen and oxygen atoms in total. The Hall–Kier alpha value is -1.73. The highest BCUT2D eigenvalue weighted by atomic mass is 16.7. The number of benzene rings is 1. The molecular weight excluding hydrogens is 367 g/mol. The van der Waals surface area contributed by atoms with Crippen molar-refractivity contribution in [1.82, 2.24) is 5.32 Å². The molecule has 29 heavy (non-hydrogen) atoms. The smallest absolute Gasteiger partial charge is 0.444 e. The van der Waals surface area contributed by atoms with E-state index in [4.69, 9.17) is 14.0 Å². The first-order valence-corrected chi connectivity index (χ1v) is 10.6. The molecule has 7 heteroatoms. The summed E-state index contributed by atoms with van der Waals surface area (Å²) in [5.74, 6) is 0. The average Bonchev–Trinajstić information content (AvgIpc) is 2.81. The molecule has 0 aliphatic carbocycles. The number of carbonyl (C=O) groups is 1. The van der Waals surface area contributed by atoms with Gasteiger partial charge in [0.05, 0.1) is 11.2 Å². The van der Waals surface area contributed by atoms with E-state index in [0.29, 0.717) is 0 Å². The number of alkyl carbamates (subject to hydrolysis) is 1. The van der Waals surface area contributed by atoms with Crippen LogP contribution in [0.15, 0.2) is 24.3 Å². The lowest BCUT2D eigenvalue weighted by atomic mass is 9.79. The molecule has 0 saturated carbocycles. The van der Waals surface area contributed by atoms with Gasteiger partial charge in [-0.2, -0.15) is 0 Å². The van der Waals surface area contributed by atoms with Crippen LogP contribution in [0, 0.1) is 0 Å². The second kappa shape index (κ2) is 7.84. The normalized spacial score (nSPS) is 23.8. The Morgan fingerprint density at radius 3 is 2.48 bits per heavy atom. The van der Waals surface area contributed by atoms with Crippen molar-refractivity contribution >= 4 is 24.4 Å². The lowest BCUT2D eigenvalue weighted by molar-refractivity contribution is 0.00578. The lowest BCUT2D eigenvalue weighted by Crippen LogP contribution is -2.49. The second-order valence-electron chi connectivity index (χ2n) is 10.1. The minimum Gasteiger partial charge on any atom is -0.444 e. The minimum absolute atomic E-state index is 0.0686. The van der Waals surface area contributed by atoms with Gasteiger partial charge >= 0.3 is 13.2 Å². The van der Waals surface area contributed by atoms with Crippen LogP contribution < -0.4 is 15.7 Å². The maximum absolute atomic E-state index is 12.1. The Morgan fingerprint density at radius 2 is 1.86 bits per heavy atom. The molecule has 160 valence electrons. The van der Waals surface area contributed by atoms with Gasteiger partial charge in [0.15, 0.2) is 0 Å². The van der Waals surface area contributed by atoms with Crippen LogP contribution >= 0.6 is 0 Å². The highest BCUT2D eigenvalue weighted by molar-refractivity contribution is 6.62. The van der Waals surface area contributed by atoms with Gasteiger partial charge in [-0.1, -0.05) is 12.1 Å². The summed E-state index contributed by atoms with van der Waals surface area (Å²) in [5, 5.41) is 3.01. The molecule has 1 N–H and O–H groups in total. The highest BCUT2D eigenvalue weighted by Gasteiger charge is 2.51. The van der Waals surface area contributed by atoms with Gasteiger partial charge in [0.2, 0.25) is 0 Å². The van der Waals surface area contributed by atoms with Crippen molar-refractivity contribution in [3.8, 4) is 0 Å². The molecule has 3 rings (SSSR count). The van der Waals surface area contributed by atoms with E-state index in [1.165, 1.54) is 0 Å². The topological polar surface area (TPSA) is 60.0 Å². The Labute approximate surface area is 175 Å². The average molecular weight is 402 g/mol. The number of nitrogens with zero attached hydrogens (tertiary/aromatic N) is 1. The predicted octanol–water partition coefficient (Wildman–Crippen LogP) is 3.48. The zero-order valence-electron chi connectivity index (χ0n) is 18.9. The zero-order valence-corrected chi connectivity index (χ0v) is 18.9. The number of ether oxygens (including phenoxy) is 1. The molecule has 0 radical (unpaired) electrons. The summed E-state index contributed by atoms with van der Waals surface area (Å²) in [7, 11) is -0.375. The molecule has 0 spiro atoms. The van der Waals surface area contributed by atoms with Crippen molar-refractivity contribution in [3.05, 3.63) is 24.3 Å². The Balaban J connectivity index is 1.67. The molecule has 0 aromatic heterocycles. The fourth-order valence-electron chi connectivity index (χ4n) is 3.65. The van der Waals surface area contributed by atoms with Crippen molar-refractivity contribution in [2.75, 3.05) is 18.0 Å². The number of hydrogen-bond donors (Lipinski definition) is 1. The fourth-order valence-corrected chi connectivity index (χ4v) is 3.65. The van der Waals surface area contributed by atoms with Crippen LogP contribution in [-0.2, 0) is 14.0 Å². The van der Waals surface area contributed by atoms with Crippen LogP contribution in [0.3, 0.4) is 0 Å². The molecule has 2 heterocycles. The first kappa shape index (κ1) is 22.0. The van der Waals surface area contributed by atoms with Gasteiger partial charge in [0, 0.05) is 24.8 Å². The summed E-state index contributed by atoms with van der Waals surface area (Å²) in [6.45, 7) is 15.6. The summed E-state index contributed by atoms with van der Waals surface area (Å²) in [6.07, 6.45) is 1.61. The maximum Gasteiger partial charge on any atom is 0.494 e. The zero-order chi connectivity index (χ0) is 21.4.